The number of hydrazine groups is 2. The second kappa shape index (κ2) is 27.4. The van der Waals surface area contributed by atoms with E-state index in [0.717, 1.165) is 0 Å². The first kappa shape index (κ1) is 51.6. The van der Waals surface area contributed by atoms with Crippen molar-refractivity contribution >= 4 is 58.6 Å². The smallest absolute Gasteiger partial charge is 0.251 e. The molecule has 0 fully saturated rings. The summed E-state index contributed by atoms with van der Waals surface area (Å²) in [5.41, 5.74) is 21.3. The molecule has 0 bridgehead atoms. The Morgan fingerprint density at radius 1 is 0.571 bits per heavy atom. The molecule has 0 saturated carbocycles. The van der Waals surface area contributed by atoms with E-state index in [-0.39, 0.29) is 51.6 Å². The molecule has 4 atom stereocenters. The summed E-state index contributed by atoms with van der Waals surface area (Å²) in [5, 5.41) is 26.6. The number of rotatable bonds is 29. The number of nitro groups is 2. The average molecular weight is 881 g/mol. The van der Waals surface area contributed by atoms with E-state index in [1.54, 1.807) is 71.5 Å². The Labute approximate surface area is 360 Å². The highest BCUT2D eigenvalue weighted by molar-refractivity contribution is 6.08. The first-order valence-electron chi connectivity index (χ1n) is 19.6. The van der Waals surface area contributed by atoms with Crippen molar-refractivity contribution in [1.29, 1.82) is 0 Å². The van der Waals surface area contributed by atoms with Crippen molar-refractivity contribution in [3.63, 3.8) is 0 Å². The van der Waals surface area contributed by atoms with E-state index in [4.69, 9.17) is 17.2 Å². The van der Waals surface area contributed by atoms with Crippen molar-refractivity contribution in [3.8, 4) is 0 Å². The van der Waals surface area contributed by atoms with Crippen molar-refractivity contribution in [2.24, 2.45) is 27.2 Å². The van der Waals surface area contributed by atoms with Gasteiger partial charge in [-0.2, -0.15) is 0 Å². The Bertz CT molecular complexity index is 2010. The van der Waals surface area contributed by atoms with Gasteiger partial charge >= 0.3 is 0 Å². The summed E-state index contributed by atoms with van der Waals surface area (Å²) in [6.45, 7) is 1.04. The minimum atomic E-state index is -1.38. The number of nitrogens with one attached hydrogen (secondary N) is 5. The van der Waals surface area contributed by atoms with Gasteiger partial charge in [-0.15, -0.1) is 0 Å². The third kappa shape index (κ3) is 22.1. The largest absolute Gasteiger partial charge is 0.365 e. The van der Waals surface area contributed by atoms with Crippen molar-refractivity contribution in [3.05, 3.63) is 92.0 Å². The van der Waals surface area contributed by atoms with Crippen molar-refractivity contribution in [1.82, 2.24) is 26.8 Å². The van der Waals surface area contributed by atoms with Crippen LogP contribution < -0.4 is 44.0 Å². The number of hydrogen-bond donors (Lipinski definition) is 8. The fourth-order valence-electron chi connectivity index (χ4n) is 5.88. The van der Waals surface area contributed by atoms with E-state index in [1.165, 1.54) is 6.92 Å². The molecule has 3 amide bonds. The zero-order chi connectivity index (χ0) is 46.9. The monoisotopic (exact) mass is 880 g/mol. The molecule has 24 heteroatoms. The highest BCUT2D eigenvalue weighted by Gasteiger charge is 2.30. The Balaban J connectivity index is 2.20. The molecule has 63 heavy (non-hydrogen) atoms. The predicted molar refractivity (Wildman–Crippen MR) is 225 cm³/mol. The fraction of sp³-hybridized carbons (Fsp3) is 0.436. The molecular formula is C39H52N12O12. The molecule has 24 nitrogen and oxygen atoms in total. The third-order valence-electron chi connectivity index (χ3n) is 8.88. The summed E-state index contributed by atoms with van der Waals surface area (Å²) in [7, 11) is 0. The summed E-state index contributed by atoms with van der Waals surface area (Å²) in [6, 6.07) is 12.0. The molecule has 2 rings (SSSR count). The van der Waals surface area contributed by atoms with Crippen LogP contribution in [0.15, 0.2) is 70.6 Å². The van der Waals surface area contributed by atoms with Crippen LogP contribution in [0.3, 0.4) is 0 Å². The van der Waals surface area contributed by atoms with Gasteiger partial charge in [-0.1, -0.05) is 71.5 Å². The number of nitrogens with zero attached hydrogens (tertiary/aromatic N) is 4. The molecule has 2 aromatic carbocycles. The number of ketones is 5. The lowest BCUT2D eigenvalue weighted by molar-refractivity contribution is -0.525. The van der Waals surface area contributed by atoms with Crippen LogP contribution in [-0.4, -0.2) is 106 Å². The molecule has 0 aromatic heterocycles. The lowest BCUT2D eigenvalue weighted by Crippen LogP contribution is -2.48. The van der Waals surface area contributed by atoms with Gasteiger partial charge in [0, 0.05) is 13.1 Å². The highest BCUT2D eigenvalue weighted by atomic mass is 16.7. The van der Waals surface area contributed by atoms with Gasteiger partial charge < -0.3 is 33.2 Å². The molecule has 0 radical (unpaired) electrons. The van der Waals surface area contributed by atoms with Crippen LogP contribution in [0.5, 0.6) is 0 Å². The van der Waals surface area contributed by atoms with Crippen LogP contribution in [0, 0.1) is 20.2 Å². The van der Waals surface area contributed by atoms with Gasteiger partial charge in [0.15, 0.2) is 33.2 Å². The van der Waals surface area contributed by atoms with Crippen LogP contribution in [0.1, 0.15) is 69.4 Å². The summed E-state index contributed by atoms with van der Waals surface area (Å²) >= 11 is 0. The third-order valence-corrected chi connectivity index (χ3v) is 8.88. The van der Waals surface area contributed by atoms with Crippen LogP contribution in [0.4, 0.5) is 0 Å². The average Bonchev–Trinajstić information content (AvgIpc) is 3.19. The summed E-state index contributed by atoms with van der Waals surface area (Å²) in [6.07, 6.45) is -2.91. The van der Waals surface area contributed by atoms with E-state index in [2.05, 4.69) is 25.9 Å². The van der Waals surface area contributed by atoms with Crippen molar-refractivity contribution < 1.29 is 48.4 Å². The predicted octanol–water partition coefficient (Wildman–Crippen LogP) is -1.57. The molecule has 340 valence electrons. The van der Waals surface area contributed by atoms with Crippen LogP contribution >= 0.6 is 0 Å². The summed E-state index contributed by atoms with van der Waals surface area (Å²) < 4.78 is 0. The van der Waals surface area contributed by atoms with Crippen LogP contribution in [0.2, 0.25) is 0 Å². The SMILES string of the molecule is CC(=O)CC(=O)NC(Cc1ccccc1)C(=O)CC(=O)C(Cc1ccccc1)NC(=O)CC(=O)NC(CCCN=C(N)N[N+](=O)[O-])C(=O)CC(=O)C(N)CCCN=C(N)N[N+](=O)[O-]. The maximum Gasteiger partial charge on any atom is 0.251 e. The molecule has 0 saturated heterocycles. The highest BCUT2D eigenvalue weighted by Crippen LogP contribution is 2.12. The number of amides is 3. The molecule has 0 spiro atoms. The van der Waals surface area contributed by atoms with Gasteiger partial charge in [0.05, 0.1) is 43.4 Å². The number of carbonyl (C=O) groups excluding carboxylic acids is 8. The van der Waals surface area contributed by atoms with E-state index in [1.807, 2.05) is 0 Å². The Morgan fingerprint density at radius 3 is 1.38 bits per heavy atom. The van der Waals surface area contributed by atoms with Gasteiger partial charge in [-0.25, -0.2) is 30.2 Å². The van der Waals surface area contributed by atoms with Gasteiger partial charge in [-0.3, -0.25) is 38.4 Å². The lowest BCUT2D eigenvalue weighted by atomic mass is 9.94. The minimum absolute atomic E-state index is 0.00968. The molecular weight excluding hydrogens is 829 g/mol. The van der Waals surface area contributed by atoms with Gasteiger partial charge in [0.2, 0.25) is 17.7 Å². The molecule has 2 aromatic rings. The number of nitrogens with two attached hydrogens (primary N) is 3. The topological polar surface area (TPSA) is 386 Å². The zero-order valence-electron chi connectivity index (χ0n) is 34.5. The van der Waals surface area contributed by atoms with Crippen LogP contribution in [0.25, 0.3) is 0 Å². The second-order valence-corrected chi connectivity index (χ2v) is 14.2. The quantitative estimate of drug-likeness (QED) is 0.0114. The molecule has 0 aliphatic heterocycles. The molecule has 0 aliphatic carbocycles. The van der Waals surface area contributed by atoms with Gasteiger partial charge in [0.1, 0.15) is 12.2 Å². The number of aliphatic imine (C=N–C) groups is 2. The molecule has 11 N–H and O–H groups in total. The number of hydrogen-bond acceptors (Lipinski definition) is 15. The molecule has 0 heterocycles. The van der Waals surface area contributed by atoms with Crippen molar-refractivity contribution in [2.45, 2.75) is 95.3 Å². The summed E-state index contributed by atoms with van der Waals surface area (Å²) in [5.74, 6) is -7.03. The van der Waals surface area contributed by atoms with Gasteiger partial charge in [0.25, 0.3) is 11.9 Å². The zero-order valence-corrected chi connectivity index (χ0v) is 34.5. The number of carbonyl (C=O) groups is 8. The van der Waals surface area contributed by atoms with E-state index in [0.29, 0.717) is 11.1 Å². The Kier molecular flexibility index (Phi) is 22.4. The number of benzene rings is 2. The van der Waals surface area contributed by atoms with E-state index >= 15 is 0 Å². The number of Topliss-reactive ketones (excluding diaryl/α,β-unsaturated/α-hetero) is 5. The minimum Gasteiger partial charge on any atom is -0.365 e. The fourth-order valence-corrected chi connectivity index (χ4v) is 5.88. The van der Waals surface area contributed by atoms with Crippen LogP contribution in [-0.2, 0) is 51.2 Å². The van der Waals surface area contributed by atoms with E-state index < -0.39 is 118 Å². The molecule has 0 aliphatic rings. The standard InChI is InChI=1S/C39H52N12O12/c1-24(52)18-35(57)46-29(19-25-10-4-2-5-11-25)33(55)22-34(56)30(20-26-12-6-3-7-13-26)47-37(59)23-36(58)45-28(15-9-17-44-39(42)49-51(62)63)32(54)21-31(53)27(40)14-8-16-43-38(41)48-50(60)61/h2-7,10-13,27-30H,8-9,14-23,40H2,1H3,(H,45,58)(H,46,57)(H,47,59)(H3,41,43,48)(H3,42,44,49). The van der Waals surface area contributed by atoms with E-state index in [9.17, 15) is 58.6 Å². The Hall–Kier alpha value is -7.50. The normalized spacial score (nSPS) is 13.2. The maximum absolute atomic E-state index is 13.7. The summed E-state index contributed by atoms with van der Waals surface area (Å²) in [4.78, 5) is 133. The number of guanidine groups is 2. The van der Waals surface area contributed by atoms with Gasteiger partial charge in [-0.05, 0) is 56.6 Å². The van der Waals surface area contributed by atoms with Crippen molar-refractivity contribution in [2.75, 3.05) is 13.1 Å². The lowest BCUT2D eigenvalue weighted by Gasteiger charge is -2.21. The first-order chi connectivity index (χ1) is 29.8. The first-order valence-corrected chi connectivity index (χ1v) is 19.6. The second-order valence-electron chi connectivity index (χ2n) is 14.2. The Morgan fingerprint density at radius 2 is 0.952 bits per heavy atom. The molecule has 4 unspecified atom stereocenters. The maximum atomic E-state index is 13.7.